The second-order valence-electron chi connectivity index (χ2n) is 20.2. The van der Waals surface area contributed by atoms with Crippen molar-refractivity contribution in [3.8, 4) is 51.0 Å². The van der Waals surface area contributed by atoms with E-state index in [1.807, 2.05) is 18.2 Å². The second-order valence-corrected chi connectivity index (χ2v) is 20.2. The summed E-state index contributed by atoms with van der Waals surface area (Å²) in [6.07, 6.45) is 2.34. The van der Waals surface area contributed by atoms with Crippen LogP contribution in [0, 0.1) is 0 Å². The third-order valence-corrected chi connectivity index (χ3v) is 15.4. The Hall–Kier alpha value is -7.95. The highest BCUT2D eigenvalue weighted by Crippen LogP contribution is 2.58. The maximum Gasteiger partial charge on any atom is 0.164 e. The van der Waals surface area contributed by atoms with E-state index in [9.17, 15) is 0 Å². The number of rotatable bonds is 6. The van der Waals surface area contributed by atoms with Crippen LogP contribution >= 0.6 is 0 Å². The molecule has 2 aliphatic rings. The van der Waals surface area contributed by atoms with Gasteiger partial charge in [0, 0.05) is 33.2 Å². The fourth-order valence-electron chi connectivity index (χ4n) is 11.8. The Morgan fingerprint density at radius 1 is 0.382 bits per heavy atom. The average Bonchev–Trinajstić information content (AvgIpc) is 3.87. The number of nitrogens with zero attached hydrogens (tertiary/aromatic N) is 4. The summed E-state index contributed by atoms with van der Waals surface area (Å²) in [6.45, 7) is 9.67. The van der Waals surface area contributed by atoms with Crippen molar-refractivity contribution in [2.45, 2.75) is 56.8 Å². The molecule has 11 aromatic rings. The van der Waals surface area contributed by atoms with Gasteiger partial charge in [0.2, 0.25) is 0 Å². The fraction of sp³-hybridized carbons (Fsp3) is 0.141. The van der Waals surface area contributed by atoms with Crippen LogP contribution in [-0.4, -0.2) is 19.5 Å². The maximum atomic E-state index is 5.42. The molecule has 0 saturated heterocycles. The Morgan fingerprint density at radius 3 is 1.53 bits per heavy atom. The summed E-state index contributed by atoms with van der Waals surface area (Å²) in [5, 5.41) is 5.07. The van der Waals surface area contributed by atoms with Crippen molar-refractivity contribution >= 4 is 32.6 Å². The minimum absolute atomic E-state index is 0.0767. The van der Waals surface area contributed by atoms with E-state index in [0.29, 0.717) is 17.5 Å². The first-order chi connectivity index (χ1) is 33.2. The van der Waals surface area contributed by atoms with Gasteiger partial charge < -0.3 is 4.57 Å². The van der Waals surface area contributed by atoms with Crippen LogP contribution in [0.3, 0.4) is 0 Å². The lowest BCUT2D eigenvalue weighted by molar-refractivity contribution is 0.332. The van der Waals surface area contributed by atoms with Gasteiger partial charge in [-0.2, -0.15) is 0 Å². The van der Waals surface area contributed by atoms with Crippen molar-refractivity contribution in [2.75, 3.05) is 0 Å². The van der Waals surface area contributed by atoms with Gasteiger partial charge in [0.25, 0.3) is 0 Å². The van der Waals surface area contributed by atoms with E-state index in [1.54, 1.807) is 0 Å². The van der Waals surface area contributed by atoms with Crippen LogP contribution < -0.4 is 0 Å². The number of fused-ring (bicyclic) bond motifs is 8. The van der Waals surface area contributed by atoms with Crippen molar-refractivity contribution in [2.24, 2.45) is 0 Å². The lowest BCUT2D eigenvalue weighted by Crippen LogP contribution is -2.33. The van der Waals surface area contributed by atoms with E-state index < -0.39 is 5.41 Å². The number of hydrogen-bond donors (Lipinski definition) is 0. The Balaban J connectivity index is 1.01. The molecule has 13 rings (SSSR count). The zero-order valence-corrected chi connectivity index (χ0v) is 38.8. The van der Waals surface area contributed by atoms with Crippen LogP contribution in [0.5, 0.6) is 0 Å². The minimum Gasteiger partial charge on any atom is -0.309 e. The van der Waals surface area contributed by atoms with E-state index in [4.69, 9.17) is 15.0 Å². The quantitative estimate of drug-likeness (QED) is 0.167. The Labute approximate surface area is 397 Å². The van der Waals surface area contributed by atoms with Gasteiger partial charge in [-0.05, 0) is 127 Å². The second kappa shape index (κ2) is 15.0. The van der Waals surface area contributed by atoms with E-state index in [2.05, 4.69) is 220 Å². The van der Waals surface area contributed by atoms with Gasteiger partial charge >= 0.3 is 0 Å². The molecule has 0 bridgehead atoms. The van der Waals surface area contributed by atoms with E-state index >= 15 is 0 Å². The minimum atomic E-state index is -0.539. The van der Waals surface area contributed by atoms with Crippen LogP contribution in [0.4, 0.5) is 0 Å². The summed E-state index contributed by atoms with van der Waals surface area (Å²) >= 11 is 0. The molecule has 2 aromatic heterocycles. The molecule has 0 fully saturated rings. The van der Waals surface area contributed by atoms with Gasteiger partial charge in [0.15, 0.2) is 17.5 Å². The predicted molar refractivity (Wildman–Crippen MR) is 281 cm³/mol. The molecular formula is C64H50N4. The Kier molecular flexibility index (Phi) is 8.92. The third kappa shape index (κ3) is 6.03. The van der Waals surface area contributed by atoms with Gasteiger partial charge in [-0.3, -0.25) is 0 Å². The summed E-state index contributed by atoms with van der Waals surface area (Å²) in [5.74, 6) is 1.92. The monoisotopic (exact) mass is 874 g/mol. The highest BCUT2D eigenvalue weighted by Gasteiger charge is 2.47. The predicted octanol–water partition coefficient (Wildman–Crippen LogP) is 15.8. The van der Waals surface area contributed by atoms with Gasteiger partial charge in [-0.1, -0.05) is 185 Å². The highest BCUT2D eigenvalue weighted by atomic mass is 15.0. The summed E-state index contributed by atoms with van der Waals surface area (Å²) in [6, 6.07) is 75.1. The van der Waals surface area contributed by atoms with Gasteiger partial charge in [0.05, 0.1) is 16.4 Å². The van der Waals surface area contributed by atoms with E-state index in [-0.39, 0.29) is 10.8 Å². The van der Waals surface area contributed by atoms with Crippen LogP contribution in [0.25, 0.3) is 83.6 Å². The molecule has 0 spiro atoms. The topological polar surface area (TPSA) is 43.6 Å². The van der Waals surface area contributed by atoms with Crippen LogP contribution in [-0.2, 0) is 16.2 Å². The Bertz CT molecular complexity index is 3730. The standard InChI is InChI=1S/C64H50N4/c1-62(2)35-36-63(3,4)55-40-57-51(39-54(55)62)50-37-43-21-14-15-22-44(43)38-56(50)68(57)47-33-31-42(32-34-47)60-65-59(41-19-8-5-9-20-41)66-61(67-60)49-28-18-30-53-58(49)48-27-16-17-29-52(48)64(53,45-23-10-6-11-24-45)46-25-12-7-13-26-46/h5-34,37-40H,35-36H2,1-4H3. The van der Waals surface area contributed by atoms with Crippen LogP contribution in [0.2, 0.25) is 0 Å². The van der Waals surface area contributed by atoms with Gasteiger partial charge in [-0.15, -0.1) is 0 Å². The first kappa shape index (κ1) is 40.3. The van der Waals surface area contributed by atoms with Crippen molar-refractivity contribution in [1.29, 1.82) is 0 Å². The molecule has 0 saturated carbocycles. The normalized spacial score (nSPS) is 15.3. The van der Waals surface area contributed by atoms with Gasteiger partial charge in [-0.25, -0.2) is 15.0 Å². The van der Waals surface area contributed by atoms with Crippen molar-refractivity contribution in [3.63, 3.8) is 0 Å². The lowest BCUT2D eigenvalue weighted by Gasteiger charge is -2.42. The van der Waals surface area contributed by atoms with E-state index in [1.165, 1.54) is 77.9 Å². The summed E-state index contributed by atoms with van der Waals surface area (Å²) < 4.78 is 2.48. The summed E-state index contributed by atoms with van der Waals surface area (Å²) in [4.78, 5) is 16.0. The van der Waals surface area contributed by atoms with Crippen molar-refractivity contribution in [1.82, 2.24) is 19.5 Å². The molecule has 4 heteroatoms. The SMILES string of the molecule is CC1(C)CCC(C)(C)c2cc3c(cc21)c1cc2ccccc2cc1n3-c1ccc(-c2nc(-c3ccccc3)nc(-c3cccc4c3-c3ccccc3C4(c3ccccc3)c3ccccc3)n2)cc1. The molecule has 0 amide bonds. The summed E-state index contributed by atoms with van der Waals surface area (Å²) in [5.41, 5.74) is 16.2. The number of benzene rings is 9. The number of aromatic nitrogens is 4. The first-order valence-corrected chi connectivity index (χ1v) is 24.0. The molecule has 68 heavy (non-hydrogen) atoms. The first-order valence-electron chi connectivity index (χ1n) is 24.0. The summed E-state index contributed by atoms with van der Waals surface area (Å²) in [7, 11) is 0. The largest absolute Gasteiger partial charge is 0.309 e. The smallest absolute Gasteiger partial charge is 0.164 e. The van der Waals surface area contributed by atoms with Gasteiger partial charge in [0.1, 0.15) is 0 Å². The zero-order valence-electron chi connectivity index (χ0n) is 38.8. The molecule has 0 radical (unpaired) electrons. The van der Waals surface area contributed by atoms with Crippen LogP contribution in [0.15, 0.2) is 206 Å². The molecule has 0 N–H and O–H groups in total. The molecule has 2 aliphatic carbocycles. The lowest BCUT2D eigenvalue weighted by atomic mass is 9.63. The zero-order chi connectivity index (χ0) is 45.8. The highest BCUT2D eigenvalue weighted by molar-refractivity contribution is 6.14. The molecule has 326 valence electrons. The molecular weight excluding hydrogens is 825 g/mol. The molecule has 4 nitrogen and oxygen atoms in total. The third-order valence-electron chi connectivity index (χ3n) is 15.4. The van der Waals surface area contributed by atoms with Crippen LogP contribution in [0.1, 0.15) is 73.9 Å². The Morgan fingerprint density at radius 2 is 0.868 bits per heavy atom. The average molecular weight is 875 g/mol. The molecule has 0 aliphatic heterocycles. The molecule has 9 aromatic carbocycles. The molecule has 2 heterocycles. The molecule has 0 atom stereocenters. The van der Waals surface area contributed by atoms with E-state index in [0.717, 1.165) is 34.4 Å². The van der Waals surface area contributed by atoms with Crippen molar-refractivity contribution < 1.29 is 0 Å². The fourth-order valence-corrected chi connectivity index (χ4v) is 11.8. The maximum absolute atomic E-state index is 5.42. The van der Waals surface area contributed by atoms with Crippen molar-refractivity contribution in [3.05, 3.63) is 240 Å². The molecule has 0 unspecified atom stereocenters. The number of hydrogen-bond acceptors (Lipinski definition) is 3.